The van der Waals surface area contributed by atoms with Gasteiger partial charge in [0.25, 0.3) is 0 Å². The maximum atomic E-state index is 11.4. The number of hydrogen-bond donors (Lipinski definition) is 2. The van der Waals surface area contributed by atoms with Gasteiger partial charge in [-0.2, -0.15) is 0 Å². The van der Waals surface area contributed by atoms with Crippen LogP contribution < -0.4 is 11.5 Å². The van der Waals surface area contributed by atoms with Crippen LogP contribution in [-0.2, 0) is 31.9 Å². The van der Waals surface area contributed by atoms with Crippen LogP contribution >= 0.6 is 23.2 Å². The number of carbonyl (C=O) groups excluding carboxylic acids is 2. The molecule has 0 bridgehead atoms. The van der Waals surface area contributed by atoms with Crippen molar-refractivity contribution in [2.45, 2.75) is 77.7 Å². The normalized spacial score (nSPS) is 13.2. The summed E-state index contributed by atoms with van der Waals surface area (Å²) in [4.78, 5) is 22.9. The molecule has 8 heteroatoms. The molecule has 4 N–H and O–H groups in total. The van der Waals surface area contributed by atoms with E-state index < -0.39 is 23.3 Å². The van der Waals surface area contributed by atoms with Crippen LogP contribution in [0.3, 0.4) is 0 Å². The summed E-state index contributed by atoms with van der Waals surface area (Å²) in [5.41, 5.74) is 11.9. The van der Waals surface area contributed by atoms with E-state index in [4.69, 9.17) is 44.1 Å². The number of ether oxygens (including phenoxy) is 2. The number of carbonyl (C=O) groups is 2. The van der Waals surface area contributed by atoms with E-state index in [1.54, 1.807) is 13.8 Å². The van der Waals surface area contributed by atoms with Crippen molar-refractivity contribution in [3.05, 3.63) is 69.7 Å². The molecule has 0 saturated carbocycles. The monoisotopic (exact) mass is 510 g/mol. The third-order valence-electron chi connectivity index (χ3n) is 4.58. The van der Waals surface area contributed by atoms with Gasteiger partial charge in [-0.25, -0.2) is 0 Å². The van der Waals surface area contributed by atoms with E-state index in [9.17, 15) is 9.59 Å². The van der Waals surface area contributed by atoms with Crippen molar-refractivity contribution < 1.29 is 19.1 Å². The first-order valence-corrected chi connectivity index (χ1v) is 11.8. The summed E-state index contributed by atoms with van der Waals surface area (Å²) >= 11 is 11.6. The Bertz CT molecular complexity index is 847. The van der Waals surface area contributed by atoms with E-state index in [2.05, 4.69) is 0 Å². The minimum absolute atomic E-state index is 0.385. The minimum atomic E-state index is -0.598. The number of benzene rings is 2. The molecular formula is C26H36Cl2N2O4. The number of rotatable bonds is 8. The third-order valence-corrected chi connectivity index (χ3v) is 5.09. The average molecular weight is 511 g/mol. The van der Waals surface area contributed by atoms with Gasteiger partial charge in [0.05, 0.1) is 0 Å². The molecule has 0 amide bonds. The summed E-state index contributed by atoms with van der Waals surface area (Å²) in [6, 6.07) is 13.8. The smallest absolute Gasteiger partial charge is 0.323 e. The van der Waals surface area contributed by atoms with E-state index in [-0.39, 0.29) is 11.9 Å². The number of esters is 2. The van der Waals surface area contributed by atoms with Crippen LogP contribution in [0.4, 0.5) is 0 Å². The quantitative estimate of drug-likeness (QED) is 0.478. The highest BCUT2D eigenvalue weighted by Crippen LogP contribution is 2.20. The predicted molar refractivity (Wildman–Crippen MR) is 138 cm³/mol. The molecule has 0 saturated heterocycles. The van der Waals surface area contributed by atoms with Gasteiger partial charge in [0, 0.05) is 22.9 Å². The Balaban J connectivity index is 0.000000340. The average Bonchev–Trinajstić information content (AvgIpc) is 2.70. The SMILES string of the molecule is CC(N)C(=O)OC(C)(C)Cc1ccc(Cl)cc1.CC(N)C(=O)OC(C)(C)Cc1ccc(Cl)cc1. The zero-order chi connectivity index (χ0) is 26.1. The van der Waals surface area contributed by atoms with E-state index in [1.807, 2.05) is 76.2 Å². The molecule has 2 rings (SSSR count). The molecule has 2 aromatic carbocycles. The second kappa shape index (κ2) is 13.1. The molecular weight excluding hydrogens is 475 g/mol. The molecule has 2 aromatic rings. The summed E-state index contributed by atoms with van der Waals surface area (Å²) in [6.45, 7) is 10.7. The van der Waals surface area contributed by atoms with Crippen molar-refractivity contribution in [3.8, 4) is 0 Å². The highest BCUT2D eigenvalue weighted by molar-refractivity contribution is 6.30. The Labute approximate surface area is 212 Å². The fourth-order valence-corrected chi connectivity index (χ4v) is 3.24. The Morgan fingerprint density at radius 1 is 0.706 bits per heavy atom. The van der Waals surface area contributed by atoms with Gasteiger partial charge >= 0.3 is 11.9 Å². The highest BCUT2D eigenvalue weighted by Gasteiger charge is 2.26. The molecule has 0 fully saturated rings. The van der Waals surface area contributed by atoms with Gasteiger partial charge in [-0.05, 0) is 76.9 Å². The first kappa shape index (κ1) is 29.9. The van der Waals surface area contributed by atoms with Gasteiger partial charge in [0.1, 0.15) is 23.3 Å². The van der Waals surface area contributed by atoms with E-state index >= 15 is 0 Å². The van der Waals surface area contributed by atoms with Crippen molar-refractivity contribution in [1.29, 1.82) is 0 Å². The molecule has 0 aromatic heterocycles. The van der Waals surface area contributed by atoms with Crippen LogP contribution in [0.15, 0.2) is 48.5 Å². The molecule has 0 heterocycles. The molecule has 0 aliphatic heterocycles. The van der Waals surface area contributed by atoms with Crippen molar-refractivity contribution >= 4 is 35.1 Å². The molecule has 2 atom stereocenters. The van der Waals surface area contributed by atoms with Crippen LogP contribution in [-0.4, -0.2) is 35.2 Å². The summed E-state index contributed by atoms with van der Waals surface area (Å²) in [5, 5.41) is 1.39. The van der Waals surface area contributed by atoms with Crippen molar-refractivity contribution in [3.63, 3.8) is 0 Å². The maximum Gasteiger partial charge on any atom is 0.323 e. The van der Waals surface area contributed by atoms with Gasteiger partial charge in [-0.15, -0.1) is 0 Å². The largest absolute Gasteiger partial charge is 0.458 e. The van der Waals surface area contributed by atoms with Gasteiger partial charge < -0.3 is 20.9 Å². The van der Waals surface area contributed by atoms with E-state index in [1.165, 1.54) is 0 Å². The molecule has 0 aliphatic rings. The van der Waals surface area contributed by atoms with Crippen LogP contribution in [0.2, 0.25) is 10.0 Å². The maximum absolute atomic E-state index is 11.4. The Hall–Kier alpha value is -2.12. The lowest BCUT2D eigenvalue weighted by Gasteiger charge is -2.26. The number of hydrogen-bond acceptors (Lipinski definition) is 6. The topological polar surface area (TPSA) is 105 Å². The predicted octanol–water partition coefficient (Wildman–Crippen LogP) is 5.10. The van der Waals surface area contributed by atoms with Crippen molar-refractivity contribution in [2.75, 3.05) is 0 Å². The number of halogens is 2. The van der Waals surface area contributed by atoms with Crippen molar-refractivity contribution in [2.24, 2.45) is 11.5 Å². The lowest BCUT2D eigenvalue weighted by atomic mass is 9.98. The van der Waals surface area contributed by atoms with Gasteiger partial charge in [-0.1, -0.05) is 47.5 Å². The zero-order valence-corrected chi connectivity index (χ0v) is 22.2. The Morgan fingerprint density at radius 3 is 1.21 bits per heavy atom. The fourth-order valence-electron chi connectivity index (χ4n) is 2.99. The van der Waals surface area contributed by atoms with Crippen LogP contribution in [0.25, 0.3) is 0 Å². The molecule has 34 heavy (non-hydrogen) atoms. The summed E-state index contributed by atoms with van der Waals surface area (Å²) in [5.74, 6) is -0.770. The zero-order valence-electron chi connectivity index (χ0n) is 20.7. The molecule has 0 spiro atoms. The lowest BCUT2D eigenvalue weighted by Crippen LogP contribution is -2.38. The van der Waals surface area contributed by atoms with Crippen LogP contribution in [0.1, 0.15) is 52.7 Å². The highest BCUT2D eigenvalue weighted by atomic mass is 35.5. The Morgan fingerprint density at radius 2 is 0.971 bits per heavy atom. The molecule has 6 nitrogen and oxygen atoms in total. The third kappa shape index (κ3) is 11.8. The second-order valence-corrected chi connectivity index (χ2v) is 10.4. The van der Waals surface area contributed by atoms with Gasteiger partial charge in [-0.3, -0.25) is 9.59 Å². The summed E-state index contributed by atoms with van der Waals surface area (Å²) in [7, 11) is 0. The van der Waals surface area contributed by atoms with E-state index in [0.717, 1.165) is 11.1 Å². The van der Waals surface area contributed by atoms with Crippen LogP contribution in [0.5, 0.6) is 0 Å². The summed E-state index contributed by atoms with van der Waals surface area (Å²) < 4.78 is 10.7. The molecule has 0 aliphatic carbocycles. The Kier molecular flexibility index (Phi) is 11.5. The second-order valence-electron chi connectivity index (χ2n) is 9.55. The van der Waals surface area contributed by atoms with Gasteiger partial charge in [0.2, 0.25) is 0 Å². The summed E-state index contributed by atoms with van der Waals surface area (Å²) in [6.07, 6.45) is 1.26. The number of nitrogens with two attached hydrogens (primary N) is 2. The minimum Gasteiger partial charge on any atom is -0.458 e. The molecule has 2 unspecified atom stereocenters. The van der Waals surface area contributed by atoms with Crippen LogP contribution in [0, 0.1) is 0 Å². The molecule has 188 valence electrons. The first-order chi connectivity index (χ1) is 15.6. The lowest BCUT2D eigenvalue weighted by molar-refractivity contribution is -0.158. The van der Waals surface area contributed by atoms with Crippen molar-refractivity contribution in [1.82, 2.24) is 0 Å². The van der Waals surface area contributed by atoms with E-state index in [0.29, 0.717) is 22.9 Å². The molecule has 0 radical (unpaired) electrons. The van der Waals surface area contributed by atoms with Gasteiger partial charge in [0.15, 0.2) is 0 Å². The standard InChI is InChI=1S/2C13H18ClNO2/c2*1-9(15)12(16)17-13(2,3)8-10-4-6-11(14)7-5-10/h2*4-7,9H,8,15H2,1-3H3. The fraction of sp³-hybridized carbons (Fsp3) is 0.462. The first-order valence-electron chi connectivity index (χ1n) is 11.1.